The predicted molar refractivity (Wildman–Crippen MR) is 120 cm³/mol. The van der Waals surface area contributed by atoms with Gasteiger partial charge in [0.25, 0.3) is 5.91 Å². The molecule has 1 heterocycles. The Morgan fingerprint density at radius 2 is 1.52 bits per heavy atom. The summed E-state index contributed by atoms with van der Waals surface area (Å²) in [6.07, 6.45) is 2.48. The first-order chi connectivity index (χ1) is 15.9. The first-order valence-corrected chi connectivity index (χ1v) is 11.3. The van der Waals surface area contributed by atoms with Gasteiger partial charge in [-0.1, -0.05) is 25.0 Å². The number of hydrogen-bond donors (Lipinski definition) is 1. The summed E-state index contributed by atoms with van der Waals surface area (Å²) in [7, 11) is 0. The third-order valence-electron chi connectivity index (χ3n) is 6.58. The number of halogens is 1. The van der Waals surface area contributed by atoms with E-state index in [0.717, 1.165) is 18.5 Å². The van der Waals surface area contributed by atoms with E-state index >= 15 is 0 Å². The molecule has 1 aliphatic heterocycles. The number of piperazine rings is 1. The van der Waals surface area contributed by atoms with E-state index in [1.165, 1.54) is 12.1 Å². The van der Waals surface area contributed by atoms with E-state index in [1.807, 2.05) is 0 Å². The van der Waals surface area contributed by atoms with Crippen molar-refractivity contribution in [3.8, 4) is 0 Å². The molecule has 0 radical (unpaired) electrons. The number of hydrogen-bond acceptors (Lipinski definition) is 5. The lowest BCUT2D eigenvalue weighted by Crippen LogP contribution is -2.49. The third-order valence-corrected chi connectivity index (χ3v) is 6.58. The van der Waals surface area contributed by atoms with Crippen LogP contribution < -0.4 is 15.3 Å². The number of carboxylic acids is 1. The number of para-hydroxylation sites is 1. The van der Waals surface area contributed by atoms with Crippen molar-refractivity contribution in [3.05, 3.63) is 59.9 Å². The van der Waals surface area contributed by atoms with Gasteiger partial charge in [0.2, 0.25) is 5.91 Å². The number of aliphatic carboxylic acids is 1. The standard InChI is InChI=1S/C25H28FN3O4/c26-17-9-11-18(12-10-17)28-13-15-29(16-14-28)24(31)21-7-3-4-8-22(21)27-23(30)19-5-1-2-6-20(19)25(32)33/h3-4,7-12,19-20H,1-2,5-6,13-16H2,(H,27,30)(H,32,33)/p-1/t19-,20-/m1/s1. The molecule has 8 heteroatoms. The molecular weight excluding hydrogens is 425 g/mol. The van der Waals surface area contributed by atoms with Gasteiger partial charge in [-0.05, 0) is 49.2 Å². The number of nitrogens with one attached hydrogen (secondary N) is 1. The Kier molecular flexibility index (Phi) is 6.91. The number of carbonyl (C=O) groups excluding carboxylic acids is 3. The summed E-state index contributed by atoms with van der Waals surface area (Å²) in [5, 5.41) is 14.3. The molecular formula is C25H27FN3O4-. The molecule has 2 amide bonds. The molecule has 0 bridgehead atoms. The highest BCUT2D eigenvalue weighted by Gasteiger charge is 2.32. The Morgan fingerprint density at radius 1 is 0.879 bits per heavy atom. The lowest BCUT2D eigenvalue weighted by molar-refractivity contribution is -0.313. The summed E-state index contributed by atoms with van der Waals surface area (Å²) in [4.78, 5) is 41.4. The molecule has 4 rings (SSSR count). The van der Waals surface area contributed by atoms with Crippen molar-refractivity contribution in [3.63, 3.8) is 0 Å². The maximum absolute atomic E-state index is 13.2. The SMILES string of the molecule is O=C([O-])[C@@H]1CCCC[C@H]1C(=O)Nc1ccccc1C(=O)N1CCN(c2ccc(F)cc2)CC1. The third kappa shape index (κ3) is 5.16. The normalized spacial score (nSPS) is 20.9. The van der Waals surface area contributed by atoms with Crippen molar-refractivity contribution in [2.45, 2.75) is 25.7 Å². The molecule has 1 saturated heterocycles. The minimum absolute atomic E-state index is 0.190. The first-order valence-electron chi connectivity index (χ1n) is 11.3. The topological polar surface area (TPSA) is 92.8 Å². The van der Waals surface area contributed by atoms with Crippen LogP contribution in [0.1, 0.15) is 36.0 Å². The Bertz CT molecular complexity index is 1020. The minimum atomic E-state index is -1.20. The zero-order valence-corrected chi connectivity index (χ0v) is 18.3. The van der Waals surface area contributed by atoms with E-state index in [4.69, 9.17) is 0 Å². The van der Waals surface area contributed by atoms with Crippen LogP contribution in [0.25, 0.3) is 0 Å². The average Bonchev–Trinajstić information content (AvgIpc) is 2.84. The van der Waals surface area contributed by atoms with E-state index in [2.05, 4.69) is 10.2 Å². The monoisotopic (exact) mass is 452 g/mol. The van der Waals surface area contributed by atoms with Crippen LogP contribution in [0.2, 0.25) is 0 Å². The highest BCUT2D eigenvalue weighted by atomic mass is 19.1. The fraction of sp³-hybridized carbons (Fsp3) is 0.400. The van der Waals surface area contributed by atoms with Crippen LogP contribution in [-0.2, 0) is 9.59 Å². The van der Waals surface area contributed by atoms with Crippen LogP contribution in [0.3, 0.4) is 0 Å². The number of carboxylic acid groups (broad SMARTS) is 1. The lowest BCUT2D eigenvalue weighted by atomic mass is 9.78. The van der Waals surface area contributed by atoms with Crippen molar-refractivity contribution in [1.29, 1.82) is 0 Å². The molecule has 33 heavy (non-hydrogen) atoms. The minimum Gasteiger partial charge on any atom is -0.550 e. The van der Waals surface area contributed by atoms with Gasteiger partial charge in [-0.15, -0.1) is 0 Å². The van der Waals surface area contributed by atoms with Gasteiger partial charge in [-0.3, -0.25) is 9.59 Å². The molecule has 0 spiro atoms. The van der Waals surface area contributed by atoms with Crippen molar-refractivity contribution >= 4 is 29.2 Å². The van der Waals surface area contributed by atoms with Crippen LogP contribution >= 0.6 is 0 Å². The van der Waals surface area contributed by atoms with E-state index in [0.29, 0.717) is 50.3 Å². The second-order valence-corrected chi connectivity index (χ2v) is 8.61. The van der Waals surface area contributed by atoms with Crippen molar-refractivity contribution in [1.82, 2.24) is 4.90 Å². The summed E-state index contributed by atoms with van der Waals surface area (Å²) >= 11 is 0. The summed E-state index contributed by atoms with van der Waals surface area (Å²) in [5.74, 6) is -3.52. The molecule has 2 aromatic carbocycles. The second-order valence-electron chi connectivity index (χ2n) is 8.61. The molecule has 7 nitrogen and oxygen atoms in total. The molecule has 2 aromatic rings. The number of amides is 2. The molecule has 2 atom stereocenters. The zero-order chi connectivity index (χ0) is 23.4. The van der Waals surface area contributed by atoms with E-state index in [9.17, 15) is 23.9 Å². The summed E-state index contributed by atoms with van der Waals surface area (Å²) < 4.78 is 13.2. The molecule has 2 fully saturated rings. The Balaban J connectivity index is 1.43. The maximum Gasteiger partial charge on any atom is 0.256 e. The Hall–Kier alpha value is -3.42. The van der Waals surface area contributed by atoms with Crippen LogP contribution in [0, 0.1) is 17.7 Å². The van der Waals surface area contributed by atoms with E-state index in [1.54, 1.807) is 41.3 Å². The highest BCUT2D eigenvalue weighted by Crippen LogP contribution is 2.31. The number of nitrogens with zero attached hydrogens (tertiary/aromatic N) is 2. The number of anilines is 2. The molecule has 0 aromatic heterocycles. The van der Waals surface area contributed by atoms with Crippen LogP contribution in [0.4, 0.5) is 15.8 Å². The fourth-order valence-corrected chi connectivity index (χ4v) is 4.72. The molecule has 174 valence electrons. The molecule has 1 saturated carbocycles. The van der Waals surface area contributed by atoms with E-state index in [-0.39, 0.29) is 17.6 Å². The van der Waals surface area contributed by atoms with E-state index < -0.39 is 17.8 Å². The van der Waals surface area contributed by atoms with Crippen LogP contribution in [0.15, 0.2) is 48.5 Å². The summed E-state index contributed by atoms with van der Waals surface area (Å²) in [6.45, 7) is 2.21. The van der Waals surface area contributed by atoms with Gasteiger partial charge in [-0.2, -0.15) is 0 Å². The zero-order valence-electron chi connectivity index (χ0n) is 18.3. The van der Waals surface area contributed by atoms with Crippen molar-refractivity contribution in [2.75, 3.05) is 36.4 Å². The van der Waals surface area contributed by atoms with Gasteiger partial charge in [0.05, 0.1) is 11.3 Å². The summed E-state index contributed by atoms with van der Waals surface area (Å²) in [6, 6.07) is 13.1. The largest absolute Gasteiger partial charge is 0.550 e. The van der Waals surface area contributed by atoms with Gasteiger partial charge in [0.1, 0.15) is 5.82 Å². The van der Waals surface area contributed by atoms with Gasteiger partial charge in [0.15, 0.2) is 0 Å². The predicted octanol–water partition coefficient (Wildman–Crippen LogP) is 2.28. The molecule has 1 N–H and O–H groups in total. The fourth-order valence-electron chi connectivity index (χ4n) is 4.72. The van der Waals surface area contributed by atoms with Crippen LogP contribution in [-0.4, -0.2) is 48.9 Å². The van der Waals surface area contributed by atoms with Crippen LogP contribution in [0.5, 0.6) is 0 Å². The lowest BCUT2D eigenvalue weighted by Gasteiger charge is -2.36. The van der Waals surface area contributed by atoms with Gasteiger partial charge in [-0.25, -0.2) is 4.39 Å². The Morgan fingerprint density at radius 3 is 2.18 bits per heavy atom. The Labute approximate surface area is 192 Å². The first kappa shape index (κ1) is 22.8. The number of benzene rings is 2. The van der Waals surface area contributed by atoms with Crippen molar-refractivity contribution < 1.29 is 23.9 Å². The van der Waals surface area contributed by atoms with Gasteiger partial charge >= 0.3 is 0 Å². The molecule has 2 aliphatic rings. The van der Waals surface area contributed by atoms with Gasteiger partial charge in [0, 0.05) is 49.7 Å². The summed E-state index contributed by atoms with van der Waals surface area (Å²) in [5.41, 5.74) is 1.67. The quantitative estimate of drug-likeness (QED) is 0.752. The highest BCUT2D eigenvalue weighted by molar-refractivity contribution is 6.04. The smallest absolute Gasteiger partial charge is 0.256 e. The van der Waals surface area contributed by atoms with Gasteiger partial charge < -0.3 is 25.0 Å². The van der Waals surface area contributed by atoms with Crippen molar-refractivity contribution in [2.24, 2.45) is 11.8 Å². The number of carbonyl (C=O) groups is 3. The average molecular weight is 453 g/mol. The second kappa shape index (κ2) is 10.0. The molecule has 1 aliphatic carbocycles. The maximum atomic E-state index is 13.2. The number of rotatable bonds is 5. The molecule has 0 unspecified atom stereocenters.